The van der Waals surface area contributed by atoms with Gasteiger partial charge in [-0.1, -0.05) is 17.8 Å². The zero-order chi connectivity index (χ0) is 17.9. The van der Waals surface area contributed by atoms with E-state index in [1.54, 1.807) is 12.4 Å². The lowest BCUT2D eigenvalue weighted by molar-refractivity contribution is -0.127. The number of allylic oxidation sites excluding steroid dienone is 2. The maximum Gasteiger partial charge on any atom is 0.237 e. The Labute approximate surface area is 157 Å². The summed E-state index contributed by atoms with van der Waals surface area (Å²) in [5.41, 5.74) is 2.21. The molecule has 0 atom stereocenters. The summed E-state index contributed by atoms with van der Waals surface area (Å²) in [4.78, 5) is 19.0. The lowest BCUT2D eigenvalue weighted by Gasteiger charge is -2.27. The quantitative estimate of drug-likeness (QED) is 0.730. The van der Waals surface area contributed by atoms with Crippen LogP contribution in [0.3, 0.4) is 0 Å². The Morgan fingerprint density at radius 3 is 2.77 bits per heavy atom. The van der Waals surface area contributed by atoms with Crippen LogP contribution in [0.4, 0.5) is 0 Å². The molecule has 0 radical (unpaired) electrons. The van der Waals surface area contributed by atoms with Crippen LogP contribution >= 0.6 is 11.8 Å². The van der Waals surface area contributed by atoms with E-state index in [1.165, 1.54) is 30.3 Å². The normalized spacial score (nSPS) is 17.0. The lowest BCUT2D eigenvalue weighted by Crippen LogP contribution is -2.34. The first-order chi connectivity index (χ1) is 12.7. The number of thioether (sulfide) groups is 1. The maximum absolute atomic E-state index is 12.9. The average molecular weight is 369 g/mol. The number of pyridine rings is 1. The van der Waals surface area contributed by atoms with Gasteiger partial charge in [0.15, 0.2) is 11.0 Å². The van der Waals surface area contributed by atoms with Gasteiger partial charge in [-0.25, -0.2) is 0 Å². The fourth-order valence-electron chi connectivity index (χ4n) is 3.36. The molecule has 0 saturated heterocycles. The minimum Gasteiger partial charge on any atom is -0.313 e. The second kappa shape index (κ2) is 7.61. The van der Waals surface area contributed by atoms with Gasteiger partial charge in [-0.3, -0.25) is 9.78 Å². The summed E-state index contributed by atoms with van der Waals surface area (Å²) < 4.78 is 1.94. The molecule has 0 unspecified atom stereocenters. The van der Waals surface area contributed by atoms with Gasteiger partial charge in [-0.2, -0.15) is 0 Å². The highest BCUT2D eigenvalue weighted by Crippen LogP contribution is 2.34. The van der Waals surface area contributed by atoms with Crippen LogP contribution in [0.5, 0.6) is 0 Å². The summed E-state index contributed by atoms with van der Waals surface area (Å²) >= 11 is 1.46. The van der Waals surface area contributed by atoms with Crippen molar-refractivity contribution < 1.29 is 4.79 Å². The molecule has 0 spiro atoms. The molecule has 2 aromatic rings. The third-order valence-corrected chi connectivity index (χ3v) is 5.86. The minimum atomic E-state index is 0.194. The molecule has 2 aliphatic rings. The average Bonchev–Trinajstić information content (AvgIpc) is 3.44. The van der Waals surface area contributed by atoms with Crippen molar-refractivity contribution in [3.8, 4) is 11.4 Å². The van der Waals surface area contributed by atoms with E-state index in [0.717, 1.165) is 42.2 Å². The van der Waals surface area contributed by atoms with Crippen molar-refractivity contribution >= 4 is 17.7 Å². The fourth-order valence-corrected chi connectivity index (χ4v) is 4.13. The highest BCUT2D eigenvalue weighted by Gasteiger charge is 2.35. The van der Waals surface area contributed by atoms with E-state index in [0.29, 0.717) is 11.8 Å². The molecular weight excluding hydrogens is 346 g/mol. The first-order valence-electron chi connectivity index (χ1n) is 9.17. The summed E-state index contributed by atoms with van der Waals surface area (Å²) in [7, 11) is 1.94. The zero-order valence-electron chi connectivity index (χ0n) is 15.0. The van der Waals surface area contributed by atoms with Crippen molar-refractivity contribution in [3.05, 3.63) is 36.3 Å². The SMILES string of the molecule is Cn1c(SCC(=O)N(C2=CCCCC2)C2CC2)nnc1-c1ccncc1. The number of aromatic nitrogens is 4. The van der Waals surface area contributed by atoms with Crippen LogP contribution < -0.4 is 0 Å². The molecule has 2 aliphatic carbocycles. The third-order valence-electron chi connectivity index (χ3n) is 4.86. The van der Waals surface area contributed by atoms with Gasteiger partial charge >= 0.3 is 0 Å². The number of amides is 1. The van der Waals surface area contributed by atoms with Crippen molar-refractivity contribution in [2.24, 2.45) is 7.05 Å². The molecule has 4 rings (SSSR count). The molecule has 0 N–H and O–H groups in total. The highest BCUT2D eigenvalue weighted by atomic mass is 32.2. The summed E-state index contributed by atoms with van der Waals surface area (Å²) in [6, 6.07) is 4.24. The van der Waals surface area contributed by atoms with E-state index in [-0.39, 0.29) is 5.91 Å². The van der Waals surface area contributed by atoms with Gasteiger partial charge in [0.2, 0.25) is 5.91 Å². The van der Waals surface area contributed by atoms with Gasteiger partial charge in [-0.05, 0) is 50.7 Å². The van der Waals surface area contributed by atoms with Crippen molar-refractivity contribution in [2.75, 3.05) is 5.75 Å². The van der Waals surface area contributed by atoms with E-state index in [2.05, 4.69) is 26.2 Å². The number of hydrogen-bond acceptors (Lipinski definition) is 5. The van der Waals surface area contributed by atoms with Gasteiger partial charge in [0.05, 0.1) is 5.75 Å². The Morgan fingerprint density at radius 2 is 2.08 bits per heavy atom. The van der Waals surface area contributed by atoms with Crippen molar-refractivity contribution in [2.45, 2.75) is 49.7 Å². The van der Waals surface area contributed by atoms with Crippen molar-refractivity contribution in [3.63, 3.8) is 0 Å². The van der Waals surface area contributed by atoms with Crippen LogP contribution in [0, 0.1) is 0 Å². The molecule has 136 valence electrons. The topological polar surface area (TPSA) is 63.9 Å². The predicted octanol–water partition coefficient (Wildman–Crippen LogP) is 3.42. The van der Waals surface area contributed by atoms with Crippen LogP contribution in [0.15, 0.2) is 41.5 Å². The van der Waals surface area contributed by atoms with Crippen LogP contribution in [0.25, 0.3) is 11.4 Å². The monoisotopic (exact) mass is 369 g/mol. The number of rotatable bonds is 6. The fraction of sp³-hybridized carbons (Fsp3) is 0.474. The summed E-state index contributed by atoms with van der Waals surface area (Å²) in [6.07, 6.45) is 12.6. The second-order valence-electron chi connectivity index (χ2n) is 6.83. The van der Waals surface area contributed by atoms with Crippen LogP contribution in [-0.2, 0) is 11.8 Å². The van der Waals surface area contributed by atoms with Crippen LogP contribution in [-0.4, -0.2) is 42.4 Å². The Balaban J connectivity index is 1.44. The van der Waals surface area contributed by atoms with Gasteiger partial charge in [-0.15, -0.1) is 10.2 Å². The second-order valence-corrected chi connectivity index (χ2v) is 7.77. The number of carbonyl (C=O) groups is 1. The zero-order valence-corrected chi connectivity index (χ0v) is 15.8. The summed E-state index contributed by atoms with van der Waals surface area (Å²) in [5.74, 6) is 1.38. The standard InChI is InChI=1S/C19H23N5OS/c1-23-18(14-9-11-20-12-10-14)21-22-19(23)26-13-17(25)24(16-7-8-16)15-5-3-2-4-6-15/h5,9-12,16H,2-4,6-8,13H2,1H3. The molecule has 0 aliphatic heterocycles. The summed E-state index contributed by atoms with van der Waals surface area (Å²) in [5, 5.41) is 9.30. The number of nitrogens with zero attached hydrogens (tertiary/aromatic N) is 5. The largest absolute Gasteiger partial charge is 0.313 e. The summed E-state index contributed by atoms with van der Waals surface area (Å²) in [6.45, 7) is 0. The van der Waals surface area contributed by atoms with Crippen LogP contribution in [0.1, 0.15) is 38.5 Å². The van der Waals surface area contributed by atoms with E-state index < -0.39 is 0 Å². The van der Waals surface area contributed by atoms with E-state index in [9.17, 15) is 4.79 Å². The predicted molar refractivity (Wildman–Crippen MR) is 101 cm³/mol. The number of hydrogen-bond donors (Lipinski definition) is 0. The molecular formula is C19H23N5OS. The smallest absolute Gasteiger partial charge is 0.237 e. The van der Waals surface area contributed by atoms with Crippen molar-refractivity contribution in [1.82, 2.24) is 24.6 Å². The van der Waals surface area contributed by atoms with E-state index in [4.69, 9.17) is 0 Å². The Kier molecular flexibility index (Phi) is 5.06. The molecule has 2 heterocycles. The van der Waals surface area contributed by atoms with Crippen molar-refractivity contribution in [1.29, 1.82) is 0 Å². The molecule has 6 nitrogen and oxygen atoms in total. The Hall–Kier alpha value is -2.15. The molecule has 1 fully saturated rings. The highest BCUT2D eigenvalue weighted by molar-refractivity contribution is 7.99. The number of carbonyl (C=O) groups excluding carboxylic acids is 1. The van der Waals surface area contributed by atoms with E-state index >= 15 is 0 Å². The molecule has 0 bridgehead atoms. The Bertz CT molecular complexity index is 813. The molecule has 7 heteroatoms. The first kappa shape index (κ1) is 17.3. The molecule has 0 aromatic carbocycles. The maximum atomic E-state index is 12.9. The minimum absolute atomic E-state index is 0.194. The van der Waals surface area contributed by atoms with Gasteiger partial charge < -0.3 is 9.47 Å². The van der Waals surface area contributed by atoms with Gasteiger partial charge in [0, 0.05) is 36.7 Å². The molecule has 2 aromatic heterocycles. The first-order valence-corrected chi connectivity index (χ1v) is 10.2. The third kappa shape index (κ3) is 3.67. The van der Waals surface area contributed by atoms with Crippen LogP contribution in [0.2, 0.25) is 0 Å². The van der Waals surface area contributed by atoms with Gasteiger partial charge in [0.1, 0.15) is 0 Å². The molecule has 26 heavy (non-hydrogen) atoms. The Morgan fingerprint density at radius 1 is 1.27 bits per heavy atom. The van der Waals surface area contributed by atoms with Gasteiger partial charge in [0.25, 0.3) is 0 Å². The molecule has 1 amide bonds. The lowest BCUT2D eigenvalue weighted by atomic mass is 10.0. The van der Waals surface area contributed by atoms with E-state index in [1.807, 2.05) is 23.7 Å². The molecule has 1 saturated carbocycles.